The van der Waals surface area contributed by atoms with Crippen LogP contribution >= 0.6 is 11.6 Å². The SMILES string of the molecule is O=c1nc(NCCc2c[nH]c3ccccc23)cc(Cl)[nH]1. The molecule has 0 saturated heterocycles. The van der Waals surface area contributed by atoms with Crippen LogP contribution in [0.3, 0.4) is 0 Å². The number of benzene rings is 1. The van der Waals surface area contributed by atoms with Gasteiger partial charge in [-0.25, -0.2) is 4.79 Å². The number of halogens is 1. The lowest BCUT2D eigenvalue weighted by Gasteiger charge is -2.04. The maximum Gasteiger partial charge on any atom is 0.347 e. The highest BCUT2D eigenvalue weighted by atomic mass is 35.5. The highest BCUT2D eigenvalue weighted by Crippen LogP contribution is 2.18. The second-order valence-electron chi connectivity index (χ2n) is 4.46. The van der Waals surface area contributed by atoms with E-state index in [2.05, 4.69) is 26.3 Å². The Hall–Kier alpha value is -2.27. The first-order valence-corrected chi connectivity index (χ1v) is 6.66. The van der Waals surface area contributed by atoms with Crippen molar-refractivity contribution in [1.29, 1.82) is 0 Å². The molecule has 3 aromatic rings. The molecular weight excluding hydrogens is 276 g/mol. The Morgan fingerprint density at radius 2 is 2.15 bits per heavy atom. The standard InChI is InChI=1S/C14H13ClN4O/c15-12-7-13(19-14(20)18-12)16-6-5-9-8-17-11-4-2-1-3-10(9)11/h1-4,7-8,17H,5-6H2,(H2,16,18,19,20). The molecule has 3 rings (SSSR count). The Labute approximate surface area is 120 Å². The summed E-state index contributed by atoms with van der Waals surface area (Å²) >= 11 is 5.77. The van der Waals surface area contributed by atoms with E-state index in [1.807, 2.05) is 24.4 Å². The van der Waals surface area contributed by atoms with Gasteiger partial charge in [0, 0.05) is 29.7 Å². The third-order valence-electron chi connectivity index (χ3n) is 3.09. The molecule has 0 fully saturated rings. The molecule has 2 aromatic heterocycles. The van der Waals surface area contributed by atoms with Crippen LogP contribution in [0.2, 0.25) is 5.15 Å². The second kappa shape index (κ2) is 5.38. The van der Waals surface area contributed by atoms with Gasteiger partial charge in [0.15, 0.2) is 0 Å². The first-order chi connectivity index (χ1) is 9.72. The van der Waals surface area contributed by atoms with Crippen LogP contribution in [0.25, 0.3) is 10.9 Å². The van der Waals surface area contributed by atoms with Gasteiger partial charge in [0.1, 0.15) is 11.0 Å². The van der Waals surface area contributed by atoms with E-state index >= 15 is 0 Å². The van der Waals surface area contributed by atoms with E-state index in [1.165, 1.54) is 10.9 Å². The third kappa shape index (κ3) is 2.67. The first kappa shape index (κ1) is 12.7. The third-order valence-corrected chi connectivity index (χ3v) is 3.29. The van der Waals surface area contributed by atoms with Crippen LogP contribution in [0.1, 0.15) is 5.56 Å². The van der Waals surface area contributed by atoms with Gasteiger partial charge in [-0.2, -0.15) is 4.98 Å². The average Bonchev–Trinajstić information content (AvgIpc) is 2.81. The van der Waals surface area contributed by atoms with E-state index in [0.717, 1.165) is 11.9 Å². The monoisotopic (exact) mass is 288 g/mol. The number of aromatic amines is 2. The predicted molar refractivity (Wildman–Crippen MR) is 80.4 cm³/mol. The summed E-state index contributed by atoms with van der Waals surface area (Å²) in [5, 5.41) is 4.59. The molecule has 0 aliphatic carbocycles. The lowest BCUT2D eigenvalue weighted by atomic mass is 10.1. The Morgan fingerprint density at radius 1 is 1.30 bits per heavy atom. The fourth-order valence-corrected chi connectivity index (χ4v) is 2.37. The van der Waals surface area contributed by atoms with Crippen LogP contribution in [0.4, 0.5) is 5.82 Å². The maximum absolute atomic E-state index is 11.2. The van der Waals surface area contributed by atoms with E-state index in [0.29, 0.717) is 12.4 Å². The lowest BCUT2D eigenvalue weighted by molar-refractivity contribution is 0.991. The number of nitrogens with one attached hydrogen (secondary N) is 3. The van der Waals surface area contributed by atoms with Crippen molar-refractivity contribution in [3.63, 3.8) is 0 Å². The second-order valence-corrected chi connectivity index (χ2v) is 4.86. The number of nitrogens with zero attached hydrogens (tertiary/aromatic N) is 1. The van der Waals surface area contributed by atoms with E-state index < -0.39 is 5.69 Å². The van der Waals surface area contributed by atoms with Crippen LogP contribution in [0.15, 0.2) is 41.3 Å². The highest BCUT2D eigenvalue weighted by Gasteiger charge is 2.03. The Balaban J connectivity index is 1.69. The maximum atomic E-state index is 11.2. The normalized spacial score (nSPS) is 10.8. The molecule has 0 amide bonds. The van der Waals surface area contributed by atoms with E-state index in [1.54, 1.807) is 6.07 Å². The van der Waals surface area contributed by atoms with Gasteiger partial charge in [0.25, 0.3) is 0 Å². The van der Waals surface area contributed by atoms with Gasteiger partial charge in [-0.05, 0) is 18.1 Å². The van der Waals surface area contributed by atoms with E-state index in [-0.39, 0.29) is 5.15 Å². The molecule has 0 aliphatic heterocycles. The number of rotatable bonds is 4. The molecule has 3 N–H and O–H groups in total. The fraction of sp³-hybridized carbons (Fsp3) is 0.143. The van der Waals surface area contributed by atoms with Gasteiger partial charge in [-0.1, -0.05) is 29.8 Å². The molecular formula is C14H13ClN4O. The molecule has 20 heavy (non-hydrogen) atoms. The summed E-state index contributed by atoms with van der Waals surface area (Å²) in [4.78, 5) is 20.6. The number of para-hydroxylation sites is 1. The van der Waals surface area contributed by atoms with Gasteiger partial charge in [-0.15, -0.1) is 0 Å². The zero-order valence-electron chi connectivity index (χ0n) is 10.6. The topological polar surface area (TPSA) is 73.6 Å². The van der Waals surface area contributed by atoms with Crippen molar-refractivity contribution in [3.05, 3.63) is 57.7 Å². The van der Waals surface area contributed by atoms with Crippen LogP contribution in [-0.2, 0) is 6.42 Å². The summed E-state index contributed by atoms with van der Waals surface area (Å²) in [5.74, 6) is 0.485. The molecule has 0 aliphatic rings. The molecule has 0 saturated carbocycles. The molecule has 1 aromatic carbocycles. The average molecular weight is 289 g/mol. The van der Waals surface area contributed by atoms with Crippen molar-refractivity contribution in [1.82, 2.24) is 15.0 Å². The number of H-pyrrole nitrogens is 2. The number of hydrogen-bond acceptors (Lipinski definition) is 3. The Bertz CT molecular complexity index is 793. The molecule has 0 spiro atoms. The van der Waals surface area contributed by atoms with Gasteiger partial charge < -0.3 is 10.3 Å². The molecule has 0 unspecified atom stereocenters. The quantitative estimate of drug-likeness (QED) is 0.646. The van der Waals surface area contributed by atoms with E-state index in [9.17, 15) is 4.79 Å². The lowest BCUT2D eigenvalue weighted by Crippen LogP contribution is -2.14. The number of aromatic nitrogens is 3. The van der Waals surface area contributed by atoms with Crippen molar-refractivity contribution >= 4 is 28.3 Å². The summed E-state index contributed by atoms with van der Waals surface area (Å²) in [6.45, 7) is 0.675. The van der Waals surface area contributed by atoms with Crippen molar-refractivity contribution in [2.75, 3.05) is 11.9 Å². The highest BCUT2D eigenvalue weighted by molar-refractivity contribution is 6.29. The van der Waals surface area contributed by atoms with Crippen molar-refractivity contribution < 1.29 is 0 Å². The van der Waals surface area contributed by atoms with E-state index in [4.69, 9.17) is 11.6 Å². The Morgan fingerprint density at radius 3 is 3.00 bits per heavy atom. The van der Waals surface area contributed by atoms with Gasteiger partial charge in [-0.3, -0.25) is 4.98 Å². The zero-order chi connectivity index (χ0) is 13.9. The summed E-state index contributed by atoms with van der Waals surface area (Å²) in [5.41, 5.74) is 1.90. The van der Waals surface area contributed by atoms with Gasteiger partial charge >= 0.3 is 5.69 Å². The van der Waals surface area contributed by atoms with Gasteiger partial charge in [0.2, 0.25) is 0 Å². The zero-order valence-corrected chi connectivity index (χ0v) is 11.4. The minimum absolute atomic E-state index is 0.277. The summed E-state index contributed by atoms with van der Waals surface area (Å²) in [6.07, 6.45) is 2.83. The van der Waals surface area contributed by atoms with Gasteiger partial charge in [0.05, 0.1) is 0 Å². The molecule has 0 radical (unpaired) electrons. The summed E-state index contributed by atoms with van der Waals surface area (Å²) < 4.78 is 0. The van der Waals surface area contributed by atoms with Crippen molar-refractivity contribution in [2.24, 2.45) is 0 Å². The Kier molecular flexibility index (Phi) is 3.43. The summed E-state index contributed by atoms with van der Waals surface area (Å²) in [7, 11) is 0. The number of anilines is 1. The largest absolute Gasteiger partial charge is 0.369 e. The molecule has 5 nitrogen and oxygen atoms in total. The minimum atomic E-state index is -0.452. The fourth-order valence-electron chi connectivity index (χ4n) is 2.18. The van der Waals surface area contributed by atoms with Crippen LogP contribution < -0.4 is 11.0 Å². The smallest absolute Gasteiger partial charge is 0.347 e. The molecule has 0 bridgehead atoms. The van der Waals surface area contributed by atoms with Crippen molar-refractivity contribution in [2.45, 2.75) is 6.42 Å². The molecule has 0 atom stereocenters. The number of hydrogen-bond donors (Lipinski definition) is 3. The van der Waals surface area contributed by atoms with Crippen LogP contribution in [0, 0.1) is 0 Å². The molecule has 6 heteroatoms. The molecule has 2 heterocycles. The number of fused-ring (bicyclic) bond motifs is 1. The van der Waals surface area contributed by atoms with Crippen molar-refractivity contribution in [3.8, 4) is 0 Å². The molecule has 102 valence electrons. The first-order valence-electron chi connectivity index (χ1n) is 6.28. The minimum Gasteiger partial charge on any atom is -0.369 e. The summed E-state index contributed by atoms with van der Waals surface area (Å²) in [6, 6.07) is 9.75. The predicted octanol–water partition coefficient (Wildman–Crippen LogP) is 2.56. The van der Waals surface area contributed by atoms with Crippen LogP contribution in [0.5, 0.6) is 0 Å². The van der Waals surface area contributed by atoms with Crippen LogP contribution in [-0.4, -0.2) is 21.5 Å².